The van der Waals surface area contributed by atoms with Crippen LogP contribution in [0, 0.1) is 0 Å². The molecular weight excluding hydrogens is 252 g/mol. The quantitative estimate of drug-likeness (QED) is 0.916. The van der Waals surface area contributed by atoms with Crippen molar-refractivity contribution in [3.8, 4) is 17.2 Å². The largest absolute Gasteiger partial charge is 0.504 e. The van der Waals surface area contributed by atoms with Crippen LogP contribution in [0.4, 0.5) is 0 Å². The van der Waals surface area contributed by atoms with Gasteiger partial charge in [-0.3, -0.25) is 0 Å². The number of hydrogen-bond donors (Lipinski definition) is 1. The number of ether oxygens (including phenoxy) is 2. The summed E-state index contributed by atoms with van der Waals surface area (Å²) in [5, 5.41) is 10.0. The third-order valence-corrected chi connectivity index (χ3v) is 2.79. The number of aromatic hydroxyl groups is 1. The molecule has 0 unspecified atom stereocenters. The molecule has 0 saturated heterocycles. The first-order valence-electron chi connectivity index (χ1n) is 5.44. The minimum atomic E-state index is 0.110. The molecule has 0 fully saturated rings. The highest BCUT2D eigenvalue weighted by atomic mass is 35.5. The Bertz CT molecular complexity index is 540. The average Bonchev–Trinajstić information content (AvgIpc) is 2.39. The van der Waals surface area contributed by atoms with Crippen molar-refractivity contribution in [1.29, 1.82) is 0 Å². The lowest BCUT2D eigenvalue weighted by atomic mass is 10.2. The Balaban J connectivity index is 2.09. The lowest BCUT2D eigenvalue weighted by Crippen LogP contribution is -1.96. The van der Waals surface area contributed by atoms with Crippen LogP contribution in [0.2, 0.25) is 5.02 Å². The van der Waals surface area contributed by atoms with Crippen LogP contribution in [0.15, 0.2) is 42.5 Å². The number of phenols is 1. The number of halogens is 1. The lowest BCUT2D eigenvalue weighted by Gasteiger charge is -2.09. The summed E-state index contributed by atoms with van der Waals surface area (Å²) < 4.78 is 10.6. The number of benzene rings is 2. The highest BCUT2D eigenvalue weighted by Gasteiger charge is 2.04. The molecule has 0 amide bonds. The number of hydrogen-bond acceptors (Lipinski definition) is 3. The molecule has 3 nitrogen and oxygen atoms in total. The molecular formula is C14H13ClO3. The molecule has 1 N–H and O–H groups in total. The van der Waals surface area contributed by atoms with Gasteiger partial charge in [0.1, 0.15) is 12.4 Å². The summed E-state index contributed by atoms with van der Waals surface area (Å²) in [6.07, 6.45) is 0. The molecule has 0 aliphatic rings. The fourth-order valence-corrected chi connectivity index (χ4v) is 1.72. The fraction of sp³-hybridized carbons (Fsp3) is 0.143. The van der Waals surface area contributed by atoms with Gasteiger partial charge < -0.3 is 14.6 Å². The number of para-hydroxylation sites is 1. The maximum Gasteiger partial charge on any atom is 0.160 e. The van der Waals surface area contributed by atoms with Gasteiger partial charge >= 0.3 is 0 Å². The van der Waals surface area contributed by atoms with E-state index in [2.05, 4.69) is 0 Å². The molecule has 2 rings (SSSR count). The van der Waals surface area contributed by atoms with Gasteiger partial charge in [-0.05, 0) is 29.8 Å². The van der Waals surface area contributed by atoms with E-state index >= 15 is 0 Å². The predicted molar refractivity (Wildman–Crippen MR) is 70.4 cm³/mol. The molecule has 18 heavy (non-hydrogen) atoms. The molecule has 0 heterocycles. The van der Waals surface area contributed by atoms with Gasteiger partial charge in [0.05, 0.1) is 12.1 Å². The van der Waals surface area contributed by atoms with E-state index in [0.29, 0.717) is 23.1 Å². The van der Waals surface area contributed by atoms with Gasteiger partial charge in [0.2, 0.25) is 0 Å². The molecule has 0 atom stereocenters. The Morgan fingerprint density at radius 2 is 1.89 bits per heavy atom. The summed E-state index contributed by atoms with van der Waals surface area (Å²) in [7, 11) is 1.51. The second-order valence-electron chi connectivity index (χ2n) is 3.73. The summed E-state index contributed by atoms with van der Waals surface area (Å²) in [6.45, 7) is 0.361. The number of phenolic OH excluding ortho intramolecular Hbond substituents is 1. The zero-order valence-electron chi connectivity index (χ0n) is 9.89. The Labute approximate surface area is 111 Å². The molecule has 0 aromatic heterocycles. The maximum absolute atomic E-state index is 9.48. The third-order valence-electron chi connectivity index (χ3n) is 2.48. The third kappa shape index (κ3) is 2.87. The predicted octanol–water partition coefficient (Wildman–Crippen LogP) is 3.63. The maximum atomic E-state index is 9.48. The molecule has 0 aliphatic carbocycles. The first-order chi connectivity index (χ1) is 8.70. The highest BCUT2D eigenvalue weighted by Crippen LogP contribution is 2.28. The normalized spacial score (nSPS) is 10.1. The van der Waals surface area contributed by atoms with E-state index < -0.39 is 0 Å². The monoisotopic (exact) mass is 264 g/mol. The van der Waals surface area contributed by atoms with Crippen molar-refractivity contribution in [3.05, 3.63) is 53.1 Å². The van der Waals surface area contributed by atoms with Crippen molar-refractivity contribution in [2.75, 3.05) is 7.11 Å². The molecule has 0 bridgehead atoms. The lowest BCUT2D eigenvalue weighted by molar-refractivity contribution is 0.304. The molecule has 0 saturated carbocycles. The SMILES string of the molecule is COc1cc(COc2ccccc2Cl)ccc1O. The van der Waals surface area contributed by atoms with Gasteiger partial charge in [-0.15, -0.1) is 0 Å². The van der Waals surface area contributed by atoms with Crippen molar-refractivity contribution < 1.29 is 14.6 Å². The van der Waals surface area contributed by atoms with Gasteiger partial charge in [0.25, 0.3) is 0 Å². The summed E-state index contributed by atoms with van der Waals surface area (Å²) in [4.78, 5) is 0. The van der Waals surface area contributed by atoms with Crippen LogP contribution in [0.1, 0.15) is 5.56 Å². The van der Waals surface area contributed by atoms with Crippen molar-refractivity contribution in [1.82, 2.24) is 0 Å². The summed E-state index contributed by atoms with van der Waals surface area (Å²) >= 11 is 5.98. The topological polar surface area (TPSA) is 38.7 Å². The van der Waals surface area contributed by atoms with Gasteiger partial charge in [0, 0.05) is 0 Å². The van der Waals surface area contributed by atoms with Crippen molar-refractivity contribution in [2.45, 2.75) is 6.61 Å². The van der Waals surface area contributed by atoms with Crippen LogP contribution >= 0.6 is 11.6 Å². The molecule has 0 aliphatic heterocycles. The second kappa shape index (κ2) is 5.65. The highest BCUT2D eigenvalue weighted by molar-refractivity contribution is 6.32. The summed E-state index contributed by atoms with van der Waals surface area (Å²) in [6, 6.07) is 12.4. The van der Waals surface area contributed by atoms with E-state index in [9.17, 15) is 5.11 Å². The Morgan fingerprint density at radius 1 is 1.11 bits per heavy atom. The van der Waals surface area contributed by atoms with Gasteiger partial charge in [0.15, 0.2) is 11.5 Å². The minimum absolute atomic E-state index is 0.110. The molecule has 0 spiro atoms. The first kappa shape index (κ1) is 12.6. The number of rotatable bonds is 4. The van der Waals surface area contributed by atoms with Crippen LogP contribution in [0.5, 0.6) is 17.2 Å². The molecule has 2 aromatic rings. The van der Waals surface area contributed by atoms with Crippen molar-refractivity contribution in [2.24, 2.45) is 0 Å². The smallest absolute Gasteiger partial charge is 0.160 e. The Hall–Kier alpha value is -1.87. The van der Waals surface area contributed by atoms with Crippen LogP contribution in [0.25, 0.3) is 0 Å². The van der Waals surface area contributed by atoms with Crippen LogP contribution in [-0.4, -0.2) is 12.2 Å². The van der Waals surface area contributed by atoms with Crippen molar-refractivity contribution in [3.63, 3.8) is 0 Å². The molecule has 4 heteroatoms. The van der Waals surface area contributed by atoms with E-state index in [-0.39, 0.29) is 5.75 Å². The minimum Gasteiger partial charge on any atom is -0.504 e. The Kier molecular flexibility index (Phi) is 3.95. The molecule has 2 aromatic carbocycles. The summed E-state index contributed by atoms with van der Waals surface area (Å²) in [5.41, 5.74) is 0.893. The van der Waals surface area contributed by atoms with E-state index in [0.717, 1.165) is 5.56 Å². The van der Waals surface area contributed by atoms with Crippen LogP contribution in [-0.2, 0) is 6.61 Å². The number of methoxy groups -OCH3 is 1. The van der Waals surface area contributed by atoms with E-state index in [1.54, 1.807) is 30.3 Å². The fourth-order valence-electron chi connectivity index (χ4n) is 1.53. The van der Waals surface area contributed by atoms with Gasteiger partial charge in [-0.2, -0.15) is 0 Å². The zero-order chi connectivity index (χ0) is 13.0. The zero-order valence-corrected chi connectivity index (χ0v) is 10.6. The standard InChI is InChI=1S/C14H13ClO3/c1-17-14-8-10(6-7-12(14)16)9-18-13-5-3-2-4-11(13)15/h2-8,16H,9H2,1H3. The average molecular weight is 265 g/mol. The van der Waals surface area contributed by atoms with E-state index in [1.807, 2.05) is 12.1 Å². The van der Waals surface area contributed by atoms with E-state index in [4.69, 9.17) is 21.1 Å². The second-order valence-corrected chi connectivity index (χ2v) is 4.13. The first-order valence-corrected chi connectivity index (χ1v) is 5.81. The van der Waals surface area contributed by atoms with Crippen molar-refractivity contribution >= 4 is 11.6 Å². The van der Waals surface area contributed by atoms with Gasteiger partial charge in [-0.1, -0.05) is 29.8 Å². The Morgan fingerprint density at radius 3 is 2.61 bits per heavy atom. The van der Waals surface area contributed by atoms with Gasteiger partial charge in [-0.25, -0.2) is 0 Å². The van der Waals surface area contributed by atoms with Crippen LogP contribution in [0.3, 0.4) is 0 Å². The van der Waals surface area contributed by atoms with E-state index in [1.165, 1.54) is 7.11 Å². The summed E-state index contributed by atoms with van der Waals surface area (Å²) in [5.74, 6) is 1.17. The van der Waals surface area contributed by atoms with Crippen LogP contribution < -0.4 is 9.47 Å². The molecule has 94 valence electrons. The molecule has 0 radical (unpaired) electrons.